The summed E-state index contributed by atoms with van der Waals surface area (Å²) in [5, 5.41) is 14.2. The summed E-state index contributed by atoms with van der Waals surface area (Å²) in [6, 6.07) is 0. The summed E-state index contributed by atoms with van der Waals surface area (Å²) >= 11 is 0. The van der Waals surface area contributed by atoms with Crippen molar-refractivity contribution < 1.29 is 18.7 Å². The van der Waals surface area contributed by atoms with Crippen LogP contribution in [0, 0.1) is 26.7 Å². The van der Waals surface area contributed by atoms with Crippen LogP contribution in [0.15, 0.2) is 9.15 Å². The molecule has 3 rings (SSSR count). The maximum Gasteiger partial charge on any atom is 0.228 e. The molecule has 25 heavy (non-hydrogen) atoms. The Balaban J connectivity index is 1.39. The molecule has 0 bridgehead atoms. The minimum atomic E-state index is -0.162. The fraction of sp³-hybridized carbons (Fsp3) is 0.562. The molecule has 2 aromatic rings. The summed E-state index contributed by atoms with van der Waals surface area (Å²) in [7, 11) is 0. The van der Waals surface area contributed by atoms with Gasteiger partial charge in [-0.05, 0) is 27.2 Å². The van der Waals surface area contributed by atoms with Crippen molar-refractivity contribution in [1.29, 1.82) is 0 Å². The maximum absolute atomic E-state index is 12.1. The van der Waals surface area contributed by atoms with Gasteiger partial charge in [-0.25, -0.2) is 4.63 Å². The summed E-state index contributed by atoms with van der Waals surface area (Å²) in [5.41, 5.74) is 3.03. The van der Waals surface area contributed by atoms with E-state index in [0.717, 1.165) is 17.0 Å². The van der Waals surface area contributed by atoms with Crippen molar-refractivity contribution in [3.05, 3.63) is 28.4 Å². The molecule has 1 aliphatic heterocycles. The van der Waals surface area contributed by atoms with Gasteiger partial charge in [0.25, 0.3) is 0 Å². The average molecular weight is 347 g/mol. The maximum atomic E-state index is 12.1. The van der Waals surface area contributed by atoms with Gasteiger partial charge < -0.3 is 14.7 Å². The molecule has 2 aromatic heterocycles. The minimum absolute atomic E-state index is 0.0323. The zero-order chi connectivity index (χ0) is 18.0. The van der Waals surface area contributed by atoms with E-state index >= 15 is 0 Å². The number of likely N-dealkylation sites (tertiary alicyclic amines) is 1. The smallest absolute Gasteiger partial charge is 0.228 e. The molecule has 9 heteroatoms. The SMILES string of the molecule is Cc1nonc1CC(=O)N1CC(C(=O)NCCc2c(C)noc2C)C1. The number of nitrogens with zero attached hydrogens (tertiary/aromatic N) is 4. The molecular formula is C16H21N5O4. The van der Waals surface area contributed by atoms with Crippen molar-refractivity contribution in [2.75, 3.05) is 19.6 Å². The lowest BCUT2D eigenvalue weighted by atomic mass is 9.98. The normalized spacial score (nSPS) is 14.4. The number of rotatable bonds is 6. The Kier molecular flexibility index (Phi) is 4.82. The van der Waals surface area contributed by atoms with Crippen LogP contribution in [0.5, 0.6) is 0 Å². The Morgan fingerprint density at radius 1 is 1.16 bits per heavy atom. The Morgan fingerprint density at radius 3 is 2.52 bits per heavy atom. The van der Waals surface area contributed by atoms with Crippen LogP contribution in [0.2, 0.25) is 0 Å². The third-order valence-corrected chi connectivity index (χ3v) is 4.53. The molecule has 2 amide bonds. The molecule has 0 unspecified atom stereocenters. The van der Waals surface area contributed by atoms with Crippen molar-refractivity contribution in [3.8, 4) is 0 Å². The number of amides is 2. The standard InChI is InChI=1S/C16H21N5O4/c1-9-13(11(3)24-18-9)4-5-17-16(23)12-7-21(8-12)15(22)6-14-10(2)19-25-20-14/h12H,4-8H2,1-3H3,(H,17,23). The Bertz CT molecular complexity index is 756. The molecule has 0 aromatic carbocycles. The lowest BCUT2D eigenvalue weighted by Gasteiger charge is -2.38. The monoisotopic (exact) mass is 347 g/mol. The van der Waals surface area contributed by atoms with Crippen molar-refractivity contribution in [3.63, 3.8) is 0 Å². The second kappa shape index (κ2) is 7.04. The summed E-state index contributed by atoms with van der Waals surface area (Å²) in [6.07, 6.45) is 0.830. The van der Waals surface area contributed by atoms with Crippen LogP contribution in [0.4, 0.5) is 0 Å². The van der Waals surface area contributed by atoms with Crippen LogP contribution < -0.4 is 5.32 Å². The number of carbonyl (C=O) groups excluding carboxylic acids is 2. The zero-order valence-electron chi connectivity index (χ0n) is 14.5. The molecule has 1 N–H and O–H groups in total. The number of aryl methyl sites for hydroxylation is 3. The van der Waals surface area contributed by atoms with Gasteiger partial charge in [-0.3, -0.25) is 9.59 Å². The van der Waals surface area contributed by atoms with Crippen LogP contribution in [-0.2, 0) is 22.4 Å². The first-order chi connectivity index (χ1) is 12.0. The molecule has 0 aliphatic carbocycles. The van der Waals surface area contributed by atoms with Gasteiger partial charge in [0.2, 0.25) is 11.8 Å². The lowest BCUT2D eigenvalue weighted by Crippen LogP contribution is -2.56. The van der Waals surface area contributed by atoms with Crippen LogP contribution in [0.3, 0.4) is 0 Å². The van der Waals surface area contributed by atoms with E-state index in [1.54, 1.807) is 11.8 Å². The predicted molar refractivity (Wildman–Crippen MR) is 85.5 cm³/mol. The first-order valence-electron chi connectivity index (χ1n) is 8.21. The largest absolute Gasteiger partial charge is 0.361 e. The molecule has 0 spiro atoms. The fourth-order valence-electron chi connectivity index (χ4n) is 2.83. The molecule has 0 radical (unpaired) electrons. The van der Waals surface area contributed by atoms with E-state index in [0.29, 0.717) is 37.4 Å². The highest BCUT2D eigenvalue weighted by atomic mass is 16.6. The van der Waals surface area contributed by atoms with Crippen LogP contribution in [0.25, 0.3) is 0 Å². The average Bonchev–Trinajstić information content (AvgIpc) is 3.05. The van der Waals surface area contributed by atoms with Crippen molar-refractivity contribution >= 4 is 11.8 Å². The molecule has 1 aliphatic rings. The fourth-order valence-corrected chi connectivity index (χ4v) is 2.83. The van der Waals surface area contributed by atoms with E-state index in [4.69, 9.17) is 4.52 Å². The summed E-state index contributed by atoms with van der Waals surface area (Å²) < 4.78 is 9.68. The minimum Gasteiger partial charge on any atom is -0.361 e. The van der Waals surface area contributed by atoms with Gasteiger partial charge in [0.15, 0.2) is 0 Å². The predicted octanol–water partition coefficient (Wildman–Crippen LogP) is 0.343. The van der Waals surface area contributed by atoms with Gasteiger partial charge in [-0.1, -0.05) is 15.5 Å². The first-order valence-corrected chi connectivity index (χ1v) is 8.21. The summed E-state index contributed by atoms with van der Waals surface area (Å²) in [6.45, 7) is 6.87. The molecule has 3 heterocycles. The highest BCUT2D eigenvalue weighted by molar-refractivity contribution is 5.85. The molecule has 1 fully saturated rings. The molecule has 0 saturated carbocycles. The van der Waals surface area contributed by atoms with E-state index in [1.165, 1.54) is 0 Å². The van der Waals surface area contributed by atoms with Crippen molar-refractivity contribution in [1.82, 2.24) is 25.7 Å². The van der Waals surface area contributed by atoms with Gasteiger partial charge in [0.1, 0.15) is 17.1 Å². The lowest BCUT2D eigenvalue weighted by molar-refractivity contribution is -0.142. The van der Waals surface area contributed by atoms with E-state index in [-0.39, 0.29) is 24.2 Å². The van der Waals surface area contributed by atoms with Gasteiger partial charge in [-0.15, -0.1) is 0 Å². The van der Waals surface area contributed by atoms with Crippen molar-refractivity contribution in [2.24, 2.45) is 5.92 Å². The van der Waals surface area contributed by atoms with Crippen LogP contribution in [-0.4, -0.2) is 51.8 Å². The van der Waals surface area contributed by atoms with E-state index in [2.05, 4.69) is 25.4 Å². The third-order valence-electron chi connectivity index (χ3n) is 4.53. The van der Waals surface area contributed by atoms with Gasteiger partial charge in [0.05, 0.1) is 18.0 Å². The second-order valence-corrected chi connectivity index (χ2v) is 6.31. The molecule has 134 valence electrons. The second-order valence-electron chi connectivity index (χ2n) is 6.31. The topological polar surface area (TPSA) is 114 Å². The molecule has 9 nitrogen and oxygen atoms in total. The quantitative estimate of drug-likeness (QED) is 0.801. The molecular weight excluding hydrogens is 326 g/mol. The number of nitrogens with one attached hydrogen (secondary N) is 1. The Morgan fingerprint density at radius 2 is 1.92 bits per heavy atom. The first kappa shape index (κ1) is 17.1. The molecule has 0 atom stereocenters. The highest BCUT2D eigenvalue weighted by Crippen LogP contribution is 2.18. The van der Waals surface area contributed by atoms with Gasteiger partial charge in [-0.2, -0.15) is 0 Å². The van der Waals surface area contributed by atoms with E-state index in [9.17, 15) is 9.59 Å². The van der Waals surface area contributed by atoms with Gasteiger partial charge >= 0.3 is 0 Å². The van der Waals surface area contributed by atoms with Gasteiger partial charge in [0, 0.05) is 25.2 Å². The number of carbonyl (C=O) groups is 2. The number of hydrogen-bond acceptors (Lipinski definition) is 7. The third kappa shape index (κ3) is 3.70. The molecule has 1 saturated heterocycles. The number of hydrogen-bond donors (Lipinski definition) is 1. The van der Waals surface area contributed by atoms with Crippen molar-refractivity contribution in [2.45, 2.75) is 33.6 Å². The van der Waals surface area contributed by atoms with Crippen LogP contribution >= 0.6 is 0 Å². The Hall–Kier alpha value is -2.71. The van der Waals surface area contributed by atoms with Crippen LogP contribution in [0.1, 0.15) is 28.4 Å². The highest BCUT2D eigenvalue weighted by Gasteiger charge is 2.35. The van der Waals surface area contributed by atoms with E-state index in [1.807, 2.05) is 13.8 Å². The zero-order valence-corrected chi connectivity index (χ0v) is 14.5. The summed E-state index contributed by atoms with van der Waals surface area (Å²) in [4.78, 5) is 25.9. The van der Waals surface area contributed by atoms with E-state index < -0.39 is 0 Å². The number of aromatic nitrogens is 3. The Labute approximate surface area is 144 Å². The summed E-state index contributed by atoms with van der Waals surface area (Å²) in [5.74, 6) is 0.517.